The van der Waals surface area contributed by atoms with E-state index in [1.807, 2.05) is 49.4 Å². The van der Waals surface area contributed by atoms with Gasteiger partial charge in [0.05, 0.1) is 5.71 Å². The number of anilines is 5. The molecule has 0 radical (unpaired) electrons. The third kappa shape index (κ3) is 6.41. The molecule has 1 fully saturated rings. The van der Waals surface area contributed by atoms with Gasteiger partial charge in [-0.3, -0.25) is 4.79 Å². The van der Waals surface area contributed by atoms with Crippen LogP contribution in [0, 0.1) is 0 Å². The maximum Gasteiger partial charge on any atom is 0.250 e. The lowest BCUT2D eigenvalue weighted by atomic mass is 10.1. The van der Waals surface area contributed by atoms with E-state index < -0.39 is 0 Å². The van der Waals surface area contributed by atoms with Crippen LogP contribution in [0.5, 0.6) is 0 Å². The number of halogens is 1. The van der Waals surface area contributed by atoms with Crippen LogP contribution in [-0.2, 0) is 4.79 Å². The Hall–Kier alpha value is -3.72. The zero-order chi connectivity index (χ0) is 23.8. The maximum absolute atomic E-state index is 11.4. The lowest BCUT2D eigenvalue weighted by Gasteiger charge is -2.26. The number of carbonyl (C=O) groups excluding carboxylic acids is 1. The van der Waals surface area contributed by atoms with E-state index in [4.69, 9.17) is 11.6 Å². The minimum Gasteiger partial charge on any atom is -0.341 e. The number of piperidine rings is 1. The van der Waals surface area contributed by atoms with Gasteiger partial charge in [0.25, 0.3) is 0 Å². The zero-order valence-electron chi connectivity index (χ0n) is 19.0. The zero-order valence-corrected chi connectivity index (χ0v) is 19.7. The summed E-state index contributed by atoms with van der Waals surface area (Å²) < 4.78 is 0. The second-order valence-electron chi connectivity index (χ2n) is 7.89. The van der Waals surface area contributed by atoms with Crippen LogP contribution in [0.2, 0.25) is 0 Å². The van der Waals surface area contributed by atoms with E-state index in [9.17, 15) is 4.79 Å². The number of hydrazone groups is 1. The summed E-state index contributed by atoms with van der Waals surface area (Å²) >= 11 is 5.54. The van der Waals surface area contributed by atoms with Gasteiger partial charge in [-0.05, 0) is 56.0 Å². The van der Waals surface area contributed by atoms with Gasteiger partial charge in [-0.1, -0.05) is 30.3 Å². The molecule has 176 valence electrons. The van der Waals surface area contributed by atoms with E-state index in [0.29, 0.717) is 23.5 Å². The van der Waals surface area contributed by atoms with Gasteiger partial charge in [0.1, 0.15) is 5.88 Å². The molecule has 0 unspecified atom stereocenters. The van der Waals surface area contributed by atoms with Crippen molar-refractivity contribution in [2.24, 2.45) is 5.10 Å². The van der Waals surface area contributed by atoms with Gasteiger partial charge in [-0.2, -0.15) is 20.1 Å². The summed E-state index contributed by atoms with van der Waals surface area (Å²) in [5, 5.41) is 10.4. The smallest absolute Gasteiger partial charge is 0.250 e. The second kappa shape index (κ2) is 11.4. The molecular weight excluding hydrogens is 452 g/mol. The van der Waals surface area contributed by atoms with Crippen molar-refractivity contribution in [3.8, 4) is 0 Å². The third-order valence-corrected chi connectivity index (χ3v) is 5.57. The maximum atomic E-state index is 11.4. The number of hydrogen-bond donors (Lipinski definition) is 3. The predicted octanol–water partition coefficient (Wildman–Crippen LogP) is 4.62. The molecule has 10 heteroatoms. The Labute approximate surface area is 203 Å². The molecule has 0 bridgehead atoms. The number of hydrogen-bond acceptors (Lipinski definition) is 8. The summed E-state index contributed by atoms with van der Waals surface area (Å²) in [6.07, 6.45) is 3.46. The van der Waals surface area contributed by atoms with Crippen LogP contribution in [-0.4, -0.2) is 45.5 Å². The minimum absolute atomic E-state index is 0.0847. The summed E-state index contributed by atoms with van der Waals surface area (Å²) in [5.41, 5.74) is 6.18. The number of aromatic nitrogens is 3. The van der Waals surface area contributed by atoms with Crippen molar-refractivity contribution < 1.29 is 4.79 Å². The number of nitrogens with zero attached hydrogens (tertiary/aromatic N) is 5. The Morgan fingerprint density at radius 1 is 0.941 bits per heavy atom. The van der Waals surface area contributed by atoms with Crippen molar-refractivity contribution in [2.75, 3.05) is 39.9 Å². The number of benzene rings is 2. The molecule has 1 aliphatic heterocycles. The highest BCUT2D eigenvalue weighted by Crippen LogP contribution is 2.21. The fourth-order valence-corrected chi connectivity index (χ4v) is 3.61. The van der Waals surface area contributed by atoms with E-state index >= 15 is 0 Å². The van der Waals surface area contributed by atoms with E-state index in [0.717, 1.165) is 42.9 Å². The summed E-state index contributed by atoms with van der Waals surface area (Å²) in [7, 11) is 0. The fourth-order valence-electron chi connectivity index (χ4n) is 3.54. The number of rotatable bonds is 8. The number of amides is 1. The van der Waals surface area contributed by atoms with Crippen LogP contribution >= 0.6 is 11.6 Å². The molecule has 3 N–H and O–H groups in total. The van der Waals surface area contributed by atoms with Crippen LogP contribution in [0.1, 0.15) is 31.7 Å². The molecule has 1 amide bonds. The molecule has 0 saturated carbocycles. The molecule has 2 heterocycles. The number of nitrogens with one attached hydrogen (secondary N) is 3. The fraction of sp³-hybridized carbons (Fsp3) is 0.292. The van der Waals surface area contributed by atoms with Gasteiger partial charge < -0.3 is 15.5 Å². The Kier molecular flexibility index (Phi) is 7.87. The van der Waals surface area contributed by atoms with Gasteiger partial charge in [0, 0.05) is 24.5 Å². The van der Waals surface area contributed by atoms with Gasteiger partial charge in [0.2, 0.25) is 23.8 Å². The summed E-state index contributed by atoms with van der Waals surface area (Å²) in [6, 6.07) is 17.1. The molecule has 34 heavy (non-hydrogen) atoms. The molecule has 4 rings (SSSR count). The van der Waals surface area contributed by atoms with Crippen LogP contribution in [0.25, 0.3) is 0 Å². The average Bonchev–Trinajstić information content (AvgIpc) is 2.88. The van der Waals surface area contributed by atoms with Crippen LogP contribution in [0.15, 0.2) is 59.7 Å². The number of para-hydroxylation sites is 1. The van der Waals surface area contributed by atoms with Crippen molar-refractivity contribution in [3.63, 3.8) is 0 Å². The topological polar surface area (TPSA) is 107 Å². The van der Waals surface area contributed by atoms with Gasteiger partial charge in [-0.15, -0.1) is 11.6 Å². The molecule has 1 aromatic heterocycles. The first-order chi connectivity index (χ1) is 16.6. The Balaban J connectivity index is 1.52. The van der Waals surface area contributed by atoms with Crippen LogP contribution in [0.3, 0.4) is 0 Å². The molecule has 0 aliphatic carbocycles. The van der Waals surface area contributed by atoms with E-state index in [2.05, 4.69) is 41.0 Å². The molecule has 9 nitrogen and oxygen atoms in total. The van der Waals surface area contributed by atoms with Gasteiger partial charge >= 0.3 is 0 Å². The Bertz CT molecular complexity index is 1130. The number of carbonyl (C=O) groups is 1. The average molecular weight is 479 g/mol. The first kappa shape index (κ1) is 23.4. The molecule has 1 saturated heterocycles. The van der Waals surface area contributed by atoms with Crippen molar-refractivity contribution in [2.45, 2.75) is 26.2 Å². The molecule has 0 atom stereocenters. The highest BCUT2D eigenvalue weighted by Gasteiger charge is 2.16. The first-order valence-corrected chi connectivity index (χ1v) is 11.7. The molecule has 0 spiro atoms. The molecule has 3 aromatic rings. The SMILES string of the molecule is C/C(=N/Nc1nc(Nc2ccccc2)nc(N2CCCCC2)n1)c1ccc(NC(=O)CCl)cc1. The predicted molar refractivity (Wildman–Crippen MR) is 137 cm³/mol. The normalized spacial score (nSPS) is 13.9. The summed E-state index contributed by atoms with van der Waals surface area (Å²) in [6.45, 7) is 3.72. The molecular formula is C24H27ClN8O. The first-order valence-electron chi connectivity index (χ1n) is 11.2. The van der Waals surface area contributed by atoms with E-state index in [1.54, 1.807) is 12.1 Å². The van der Waals surface area contributed by atoms with Crippen molar-refractivity contribution in [3.05, 3.63) is 60.2 Å². The van der Waals surface area contributed by atoms with E-state index in [1.165, 1.54) is 6.42 Å². The largest absolute Gasteiger partial charge is 0.341 e. The van der Waals surface area contributed by atoms with Crippen LogP contribution < -0.4 is 21.0 Å². The Morgan fingerprint density at radius 2 is 1.65 bits per heavy atom. The van der Waals surface area contributed by atoms with Crippen molar-refractivity contribution >= 4 is 52.4 Å². The van der Waals surface area contributed by atoms with Gasteiger partial charge in [-0.25, -0.2) is 5.43 Å². The monoisotopic (exact) mass is 478 g/mol. The Morgan fingerprint density at radius 3 is 2.35 bits per heavy atom. The highest BCUT2D eigenvalue weighted by molar-refractivity contribution is 6.29. The van der Waals surface area contributed by atoms with E-state index in [-0.39, 0.29) is 11.8 Å². The molecule has 1 aliphatic rings. The lowest BCUT2D eigenvalue weighted by molar-refractivity contribution is -0.113. The minimum atomic E-state index is -0.249. The third-order valence-electron chi connectivity index (χ3n) is 5.32. The van der Waals surface area contributed by atoms with Crippen LogP contribution in [0.4, 0.5) is 29.2 Å². The summed E-state index contributed by atoms with van der Waals surface area (Å²) in [4.78, 5) is 27.4. The summed E-state index contributed by atoms with van der Waals surface area (Å²) in [5.74, 6) is 1.11. The standard InChI is InChI=1S/C24H27ClN8O/c1-17(18-10-12-20(13-11-18)26-21(34)16-25)31-32-23-28-22(27-19-8-4-2-5-9-19)29-24(30-23)33-14-6-3-7-15-33/h2,4-5,8-13H,3,6-7,14-16H2,1H3,(H,26,34)(H2,27,28,29,30,32)/b31-17-. The highest BCUT2D eigenvalue weighted by atomic mass is 35.5. The quantitative estimate of drug-likeness (QED) is 0.246. The van der Waals surface area contributed by atoms with Crippen molar-refractivity contribution in [1.82, 2.24) is 15.0 Å². The lowest BCUT2D eigenvalue weighted by Crippen LogP contribution is -2.31. The van der Waals surface area contributed by atoms with Gasteiger partial charge in [0.15, 0.2) is 0 Å². The second-order valence-corrected chi connectivity index (χ2v) is 8.16. The van der Waals surface area contributed by atoms with Crippen molar-refractivity contribution in [1.29, 1.82) is 0 Å². The molecule has 2 aromatic carbocycles. The number of alkyl halides is 1.